The second kappa shape index (κ2) is 5.06. The first-order valence-electron chi connectivity index (χ1n) is 5.40. The molecule has 2 rings (SSSR count). The fourth-order valence-corrected chi connectivity index (χ4v) is 1.74. The summed E-state index contributed by atoms with van der Waals surface area (Å²) in [5, 5.41) is 9.44. The molecule has 0 bridgehead atoms. The standard InChI is InChI=1S/C12H6F7NO/c13-6-5(7(14)9(16)10(17)8(6)15)12(18,19)11(21)4-2-1-3-20-4/h1-3,11,20-21H. The molecule has 2 N–H and O–H groups in total. The van der Waals surface area contributed by atoms with Crippen LogP contribution in [0.15, 0.2) is 18.3 Å². The molecule has 9 heteroatoms. The third-order valence-electron chi connectivity index (χ3n) is 2.80. The van der Waals surface area contributed by atoms with Gasteiger partial charge in [0.05, 0.1) is 5.69 Å². The van der Waals surface area contributed by atoms with E-state index in [0.717, 1.165) is 12.3 Å². The van der Waals surface area contributed by atoms with Gasteiger partial charge in [0, 0.05) is 6.20 Å². The van der Waals surface area contributed by atoms with Gasteiger partial charge in [0.25, 0.3) is 0 Å². The average Bonchev–Trinajstić information content (AvgIpc) is 2.96. The zero-order chi connectivity index (χ0) is 15.9. The molecule has 1 heterocycles. The van der Waals surface area contributed by atoms with Gasteiger partial charge in [0.1, 0.15) is 5.56 Å². The monoisotopic (exact) mass is 313 g/mol. The van der Waals surface area contributed by atoms with Crippen molar-refractivity contribution in [3.63, 3.8) is 0 Å². The number of H-pyrrole nitrogens is 1. The number of hydrogen-bond acceptors (Lipinski definition) is 1. The summed E-state index contributed by atoms with van der Waals surface area (Å²) in [6.45, 7) is 0. The molecule has 0 spiro atoms. The van der Waals surface area contributed by atoms with Crippen LogP contribution < -0.4 is 0 Å². The minimum atomic E-state index is -4.74. The SMILES string of the molecule is OC(c1ccc[nH]1)C(F)(F)c1c(F)c(F)c(F)c(F)c1F. The van der Waals surface area contributed by atoms with Crippen molar-refractivity contribution in [3.8, 4) is 0 Å². The summed E-state index contributed by atoms with van der Waals surface area (Å²) in [4.78, 5) is 2.16. The van der Waals surface area contributed by atoms with E-state index in [4.69, 9.17) is 0 Å². The van der Waals surface area contributed by atoms with Crippen LogP contribution in [0.1, 0.15) is 17.4 Å². The molecule has 0 aliphatic heterocycles. The maximum absolute atomic E-state index is 13.9. The Morgan fingerprint density at radius 1 is 0.905 bits per heavy atom. The topological polar surface area (TPSA) is 36.0 Å². The third kappa shape index (κ3) is 2.27. The lowest BCUT2D eigenvalue weighted by molar-refractivity contribution is -0.124. The molecule has 0 fully saturated rings. The predicted octanol–water partition coefficient (Wildman–Crippen LogP) is 3.54. The minimum Gasteiger partial charge on any atom is -0.380 e. The molecule has 2 nitrogen and oxygen atoms in total. The van der Waals surface area contributed by atoms with Crippen LogP contribution in [-0.4, -0.2) is 10.1 Å². The molecule has 0 aliphatic carbocycles. The largest absolute Gasteiger partial charge is 0.380 e. The lowest BCUT2D eigenvalue weighted by Gasteiger charge is -2.23. The summed E-state index contributed by atoms with van der Waals surface area (Å²) in [5.74, 6) is -17.7. The number of alkyl halides is 2. The number of nitrogens with one attached hydrogen (secondary N) is 1. The summed E-state index contributed by atoms with van der Waals surface area (Å²) in [6, 6.07) is 2.16. The van der Waals surface area contributed by atoms with Crippen molar-refractivity contribution in [1.82, 2.24) is 4.98 Å². The molecule has 1 aromatic carbocycles. The van der Waals surface area contributed by atoms with Gasteiger partial charge in [-0.05, 0) is 12.1 Å². The van der Waals surface area contributed by atoms with Crippen LogP contribution in [0.3, 0.4) is 0 Å². The molecule has 0 aliphatic rings. The maximum atomic E-state index is 13.9. The van der Waals surface area contributed by atoms with Gasteiger partial charge in [-0.1, -0.05) is 0 Å². The first-order chi connectivity index (χ1) is 9.69. The molecular formula is C12H6F7NO. The van der Waals surface area contributed by atoms with E-state index in [-0.39, 0.29) is 0 Å². The van der Waals surface area contributed by atoms with Crippen molar-refractivity contribution in [3.05, 3.63) is 58.7 Å². The predicted molar refractivity (Wildman–Crippen MR) is 55.9 cm³/mol. The first kappa shape index (κ1) is 15.4. The Morgan fingerprint density at radius 3 is 1.81 bits per heavy atom. The van der Waals surface area contributed by atoms with E-state index in [1.165, 1.54) is 6.07 Å². The van der Waals surface area contributed by atoms with Crippen LogP contribution in [0, 0.1) is 29.1 Å². The number of aliphatic hydroxyl groups is 1. The van der Waals surface area contributed by atoms with Gasteiger partial charge in [-0.15, -0.1) is 0 Å². The Morgan fingerprint density at radius 2 is 1.38 bits per heavy atom. The number of rotatable bonds is 3. The van der Waals surface area contributed by atoms with E-state index < -0.39 is 52.4 Å². The Bertz CT molecular complexity index is 640. The number of aliphatic hydroxyl groups excluding tert-OH is 1. The van der Waals surface area contributed by atoms with E-state index in [2.05, 4.69) is 4.98 Å². The zero-order valence-electron chi connectivity index (χ0n) is 9.90. The molecule has 0 amide bonds. The zero-order valence-corrected chi connectivity index (χ0v) is 9.90. The van der Waals surface area contributed by atoms with E-state index in [1.54, 1.807) is 0 Å². The smallest absolute Gasteiger partial charge is 0.309 e. The molecule has 1 aromatic heterocycles. The minimum absolute atomic E-state index is 0.552. The van der Waals surface area contributed by atoms with Gasteiger partial charge in [-0.3, -0.25) is 0 Å². The number of benzene rings is 1. The van der Waals surface area contributed by atoms with Crippen LogP contribution in [0.5, 0.6) is 0 Å². The second-order valence-corrected chi connectivity index (χ2v) is 4.10. The van der Waals surface area contributed by atoms with Crippen molar-refractivity contribution in [2.75, 3.05) is 0 Å². The van der Waals surface area contributed by atoms with Crippen LogP contribution in [0.2, 0.25) is 0 Å². The highest BCUT2D eigenvalue weighted by Gasteiger charge is 2.49. The van der Waals surface area contributed by atoms with Gasteiger partial charge in [-0.25, -0.2) is 22.0 Å². The van der Waals surface area contributed by atoms with Gasteiger partial charge in [0.2, 0.25) is 5.82 Å². The highest BCUT2D eigenvalue weighted by atomic mass is 19.3. The maximum Gasteiger partial charge on any atom is 0.309 e. The van der Waals surface area contributed by atoms with Crippen molar-refractivity contribution < 1.29 is 35.8 Å². The van der Waals surface area contributed by atoms with Crippen LogP contribution >= 0.6 is 0 Å². The van der Waals surface area contributed by atoms with Crippen LogP contribution in [0.25, 0.3) is 0 Å². The van der Waals surface area contributed by atoms with Gasteiger partial charge >= 0.3 is 5.92 Å². The first-order valence-corrected chi connectivity index (χ1v) is 5.40. The van der Waals surface area contributed by atoms with Gasteiger partial charge in [-0.2, -0.15) is 8.78 Å². The number of halogens is 7. The number of aromatic amines is 1. The van der Waals surface area contributed by atoms with Crippen molar-refractivity contribution >= 4 is 0 Å². The Kier molecular flexibility index (Phi) is 3.70. The van der Waals surface area contributed by atoms with Crippen molar-refractivity contribution in [2.24, 2.45) is 0 Å². The summed E-state index contributed by atoms with van der Waals surface area (Å²) >= 11 is 0. The molecule has 114 valence electrons. The molecule has 0 saturated carbocycles. The van der Waals surface area contributed by atoms with E-state index in [9.17, 15) is 35.8 Å². The Balaban J connectivity index is 2.65. The quantitative estimate of drug-likeness (QED) is 0.507. The van der Waals surface area contributed by atoms with Gasteiger partial charge in [0.15, 0.2) is 29.4 Å². The normalized spacial score (nSPS) is 13.5. The van der Waals surface area contributed by atoms with E-state index in [1.807, 2.05) is 0 Å². The molecule has 2 aromatic rings. The van der Waals surface area contributed by atoms with E-state index >= 15 is 0 Å². The molecule has 21 heavy (non-hydrogen) atoms. The Hall–Kier alpha value is -2.03. The van der Waals surface area contributed by atoms with Gasteiger partial charge < -0.3 is 10.1 Å². The number of hydrogen-bond donors (Lipinski definition) is 2. The number of aromatic nitrogens is 1. The summed E-state index contributed by atoms with van der Waals surface area (Å²) in [5.41, 5.74) is -2.94. The molecule has 0 radical (unpaired) electrons. The van der Waals surface area contributed by atoms with E-state index in [0.29, 0.717) is 0 Å². The van der Waals surface area contributed by atoms with Crippen molar-refractivity contribution in [1.29, 1.82) is 0 Å². The summed E-state index contributed by atoms with van der Waals surface area (Å²) in [7, 11) is 0. The van der Waals surface area contributed by atoms with Crippen LogP contribution in [-0.2, 0) is 5.92 Å². The molecule has 1 unspecified atom stereocenters. The molecular weight excluding hydrogens is 307 g/mol. The summed E-state index contributed by atoms with van der Waals surface area (Å²) in [6.07, 6.45) is -1.69. The highest BCUT2D eigenvalue weighted by Crippen LogP contribution is 2.43. The lowest BCUT2D eigenvalue weighted by Crippen LogP contribution is -2.28. The van der Waals surface area contributed by atoms with Crippen molar-refractivity contribution in [2.45, 2.75) is 12.0 Å². The third-order valence-corrected chi connectivity index (χ3v) is 2.80. The fourth-order valence-electron chi connectivity index (χ4n) is 1.74. The van der Waals surface area contributed by atoms with Crippen LogP contribution in [0.4, 0.5) is 30.7 Å². The Labute approximate surface area is 112 Å². The average molecular weight is 313 g/mol. The molecule has 0 saturated heterocycles. The lowest BCUT2D eigenvalue weighted by atomic mass is 9.99. The molecule has 1 atom stereocenters. The second-order valence-electron chi connectivity index (χ2n) is 4.10. The fraction of sp³-hybridized carbons (Fsp3) is 0.167. The summed E-state index contributed by atoms with van der Waals surface area (Å²) < 4.78 is 93.3. The highest BCUT2D eigenvalue weighted by molar-refractivity contribution is 5.30.